The van der Waals surface area contributed by atoms with Gasteiger partial charge in [0.1, 0.15) is 5.75 Å². The van der Waals surface area contributed by atoms with Crippen molar-refractivity contribution in [1.29, 1.82) is 0 Å². The minimum Gasteiger partial charge on any atom is -0.339 e. The lowest BCUT2D eigenvalue weighted by Gasteiger charge is -2.27. The van der Waals surface area contributed by atoms with E-state index in [9.17, 15) is 13.2 Å². The van der Waals surface area contributed by atoms with Gasteiger partial charge < -0.3 is 10.2 Å². The molecule has 100 valence electrons. The second-order valence-electron chi connectivity index (χ2n) is 4.43. The minimum absolute atomic E-state index is 0.138. The van der Waals surface area contributed by atoms with Crippen LogP contribution < -0.4 is 5.32 Å². The van der Waals surface area contributed by atoms with Crippen LogP contribution in [0.2, 0.25) is 0 Å². The number of piperazine rings is 1. The Hall–Kier alpha value is -0.620. The average Bonchev–Trinajstić information content (AvgIpc) is 2.30. The summed E-state index contributed by atoms with van der Waals surface area (Å²) in [5.41, 5.74) is 0. The Labute approximate surface area is 103 Å². The third-order valence-electron chi connectivity index (χ3n) is 2.87. The Morgan fingerprint density at radius 1 is 1.24 bits per heavy atom. The van der Waals surface area contributed by atoms with Gasteiger partial charge in [0.15, 0.2) is 9.84 Å². The molecule has 0 aliphatic carbocycles. The molecule has 0 aromatic carbocycles. The highest BCUT2D eigenvalue weighted by Gasteiger charge is 2.22. The Morgan fingerprint density at radius 3 is 2.47 bits per heavy atom. The number of rotatable bonds is 6. The molecule has 0 aromatic heterocycles. The quantitative estimate of drug-likeness (QED) is 0.686. The highest BCUT2D eigenvalue weighted by Crippen LogP contribution is 2.03. The highest BCUT2D eigenvalue weighted by molar-refractivity contribution is 7.92. The molecule has 1 aliphatic heterocycles. The molecule has 0 spiro atoms. The van der Waals surface area contributed by atoms with Gasteiger partial charge in [-0.25, -0.2) is 8.42 Å². The van der Waals surface area contributed by atoms with Gasteiger partial charge in [-0.3, -0.25) is 4.79 Å². The van der Waals surface area contributed by atoms with Gasteiger partial charge >= 0.3 is 0 Å². The van der Waals surface area contributed by atoms with E-state index in [0.717, 1.165) is 25.9 Å². The summed E-state index contributed by atoms with van der Waals surface area (Å²) in [7, 11) is -3.21. The van der Waals surface area contributed by atoms with E-state index < -0.39 is 9.84 Å². The smallest absolute Gasteiger partial charge is 0.237 e. The molecule has 17 heavy (non-hydrogen) atoms. The molecule has 1 saturated heterocycles. The van der Waals surface area contributed by atoms with E-state index >= 15 is 0 Å². The van der Waals surface area contributed by atoms with Crippen LogP contribution in [0.5, 0.6) is 0 Å². The number of nitrogens with one attached hydrogen (secondary N) is 1. The summed E-state index contributed by atoms with van der Waals surface area (Å²) in [6.07, 6.45) is 2.55. The zero-order valence-corrected chi connectivity index (χ0v) is 11.3. The van der Waals surface area contributed by atoms with Crippen LogP contribution in [-0.2, 0) is 14.6 Å². The van der Waals surface area contributed by atoms with Crippen molar-refractivity contribution in [3.8, 4) is 0 Å². The SMILES string of the molecule is CCCCCS(=O)(=O)CC(=O)N1CCNCC1. The molecule has 0 unspecified atom stereocenters. The summed E-state index contributed by atoms with van der Waals surface area (Å²) in [4.78, 5) is 13.4. The van der Waals surface area contributed by atoms with Gasteiger partial charge in [0.25, 0.3) is 0 Å². The van der Waals surface area contributed by atoms with Gasteiger partial charge in [-0.05, 0) is 6.42 Å². The molecule has 0 aromatic rings. The van der Waals surface area contributed by atoms with Crippen molar-refractivity contribution in [3.63, 3.8) is 0 Å². The third kappa shape index (κ3) is 5.50. The summed E-state index contributed by atoms with van der Waals surface area (Å²) in [5.74, 6) is -0.432. The molecule has 1 rings (SSSR count). The Balaban J connectivity index is 2.37. The maximum atomic E-state index is 11.8. The van der Waals surface area contributed by atoms with Crippen LogP contribution in [0.4, 0.5) is 0 Å². The third-order valence-corrected chi connectivity index (χ3v) is 4.47. The first-order valence-electron chi connectivity index (χ1n) is 6.24. The van der Waals surface area contributed by atoms with E-state index in [1.165, 1.54) is 0 Å². The standard InChI is InChI=1S/C11H22N2O3S/c1-2-3-4-9-17(15,16)10-11(14)13-7-5-12-6-8-13/h12H,2-10H2,1H3. The molecule has 1 fully saturated rings. The van der Waals surface area contributed by atoms with Crippen LogP contribution in [-0.4, -0.2) is 56.9 Å². The molecule has 5 nitrogen and oxygen atoms in total. The van der Waals surface area contributed by atoms with Gasteiger partial charge in [-0.1, -0.05) is 19.8 Å². The number of hydrogen-bond donors (Lipinski definition) is 1. The number of carbonyl (C=O) groups is 1. The lowest BCUT2D eigenvalue weighted by Crippen LogP contribution is -2.48. The fraction of sp³-hybridized carbons (Fsp3) is 0.909. The molecule has 0 bridgehead atoms. The maximum Gasteiger partial charge on any atom is 0.237 e. The largest absolute Gasteiger partial charge is 0.339 e. The predicted molar refractivity (Wildman–Crippen MR) is 67.6 cm³/mol. The molecule has 1 amide bonds. The van der Waals surface area contributed by atoms with E-state index in [-0.39, 0.29) is 17.4 Å². The summed E-state index contributed by atoms with van der Waals surface area (Å²) < 4.78 is 23.4. The van der Waals surface area contributed by atoms with E-state index in [0.29, 0.717) is 19.5 Å². The zero-order chi connectivity index (χ0) is 12.7. The fourth-order valence-corrected chi connectivity index (χ4v) is 3.18. The molecule has 1 N–H and O–H groups in total. The highest BCUT2D eigenvalue weighted by atomic mass is 32.2. The van der Waals surface area contributed by atoms with E-state index in [2.05, 4.69) is 5.32 Å². The molecular formula is C11H22N2O3S. The van der Waals surface area contributed by atoms with Crippen molar-refractivity contribution in [2.45, 2.75) is 26.2 Å². The summed E-state index contributed by atoms with van der Waals surface area (Å²) in [6.45, 7) is 4.76. The number of nitrogens with zero attached hydrogens (tertiary/aromatic N) is 1. The zero-order valence-electron chi connectivity index (χ0n) is 10.4. The van der Waals surface area contributed by atoms with Gasteiger partial charge in [0.2, 0.25) is 5.91 Å². The molecule has 1 aliphatic rings. The number of hydrogen-bond acceptors (Lipinski definition) is 4. The molecule has 0 atom stereocenters. The van der Waals surface area contributed by atoms with Gasteiger partial charge in [-0.2, -0.15) is 0 Å². The second kappa shape index (κ2) is 6.96. The minimum atomic E-state index is -3.21. The van der Waals surface area contributed by atoms with E-state index in [1.54, 1.807) is 4.90 Å². The van der Waals surface area contributed by atoms with Crippen LogP contribution >= 0.6 is 0 Å². The van der Waals surface area contributed by atoms with E-state index in [4.69, 9.17) is 0 Å². The second-order valence-corrected chi connectivity index (χ2v) is 6.61. The Kier molecular flexibility index (Phi) is 5.91. The van der Waals surface area contributed by atoms with Crippen molar-refractivity contribution in [2.75, 3.05) is 37.7 Å². The number of sulfone groups is 1. The van der Waals surface area contributed by atoms with Crippen LogP contribution in [0, 0.1) is 0 Å². The van der Waals surface area contributed by atoms with Crippen LogP contribution in [0.15, 0.2) is 0 Å². The summed E-state index contributed by atoms with van der Waals surface area (Å²) in [5, 5.41) is 3.13. The molecule has 0 saturated carbocycles. The number of amides is 1. The number of carbonyl (C=O) groups excluding carboxylic acids is 1. The Bertz CT molecular complexity index is 335. The van der Waals surface area contributed by atoms with Crippen molar-refractivity contribution in [2.24, 2.45) is 0 Å². The molecule has 1 heterocycles. The lowest BCUT2D eigenvalue weighted by molar-refractivity contribution is -0.128. The molecular weight excluding hydrogens is 240 g/mol. The van der Waals surface area contributed by atoms with Gasteiger partial charge in [-0.15, -0.1) is 0 Å². The monoisotopic (exact) mass is 262 g/mol. The topological polar surface area (TPSA) is 66.5 Å². The first kappa shape index (κ1) is 14.4. The normalized spacial score (nSPS) is 17.1. The van der Waals surface area contributed by atoms with Crippen LogP contribution in [0.1, 0.15) is 26.2 Å². The van der Waals surface area contributed by atoms with Crippen molar-refractivity contribution in [3.05, 3.63) is 0 Å². The lowest BCUT2D eigenvalue weighted by atomic mass is 10.3. The van der Waals surface area contributed by atoms with E-state index in [1.807, 2.05) is 6.92 Å². The molecule has 0 radical (unpaired) electrons. The summed E-state index contributed by atoms with van der Waals surface area (Å²) in [6, 6.07) is 0. The predicted octanol–water partition coefficient (Wildman–Crippen LogP) is 0.0232. The van der Waals surface area contributed by atoms with Crippen molar-refractivity contribution >= 4 is 15.7 Å². The van der Waals surface area contributed by atoms with Crippen LogP contribution in [0.3, 0.4) is 0 Å². The van der Waals surface area contributed by atoms with Gasteiger partial charge in [0, 0.05) is 26.2 Å². The fourth-order valence-electron chi connectivity index (χ4n) is 1.84. The average molecular weight is 262 g/mol. The number of unbranched alkanes of at least 4 members (excludes halogenated alkanes) is 2. The first-order chi connectivity index (χ1) is 8.05. The van der Waals surface area contributed by atoms with Crippen LogP contribution in [0.25, 0.3) is 0 Å². The van der Waals surface area contributed by atoms with Crippen molar-refractivity contribution in [1.82, 2.24) is 10.2 Å². The maximum absolute atomic E-state index is 11.8. The summed E-state index contributed by atoms with van der Waals surface area (Å²) >= 11 is 0. The van der Waals surface area contributed by atoms with Crippen molar-refractivity contribution < 1.29 is 13.2 Å². The Morgan fingerprint density at radius 2 is 1.88 bits per heavy atom. The van der Waals surface area contributed by atoms with Gasteiger partial charge in [0.05, 0.1) is 5.75 Å². The molecule has 6 heteroatoms. The first-order valence-corrected chi connectivity index (χ1v) is 8.06.